The van der Waals surface area contributed by atoms with Gasteiger partial charge in [-0.3, -0.25) is 4.79 Å². The van der Waals surface area contributed by atoms with E-state index in [-0.39, 0.29) is 16.6 Å². The number of amides is 1. The van der Waals surface area contributed by atoms with Gasteiger partial charge in [0, 0.05) is 0 Å². The minimum absolute atomic E-state index is 0.0104. The van der Waals surface area contributed by atoms with Crippen LogP contribution in [0.25, 0.3) is 0 Å². The Hall–Kier alpha value is -1.70. The Kier molecular flexibility index (Phi) is 2.07. The van der Waals surface area contributed by atoms with Crippen LogP contribution in [-0.2, 0) is 14.6 Å². The molecule has 0 saturated carbocycles. The number of hydrogen-bond acceptors (Lipinski definition) is 6. The van der Waals surface area contributed by atoms with Gasteiger partial charge in [-0.15, -0.1) is 0 Å². The van der Waals surface area contributed by atoms with E-state index < -0.39 is 21.5 Å². The average molecular weight is 229 g/mol. The molecule has 0 spiro atoms. The predicted octanol–water partition coefficient (Wildman–Crippen LogP) is -0.789. The molecule has 80 valence electrons. The summed E-state index contributed by atoms with van der Waals surface area (Å²) in [5.74, 6) is -1.17. The first kappa shape index (κ1) is 9.84. The van der Waals surface area contributed by atoms with Crippen molar-refractivity contribution in [3.8, 4) is 5.88 Å². The Bertz CT molecular complexity index is 525. The lowest BCUT2D eigenvalue weighted by Crippen LogP contribution is -2.30. The molecule has 7 nitrogen and oxygen atoms in total. The highest BCUT2D eigenvalue weighted by Gasteiger charge is 2.32. The predicted molar refractivity (Wildman–Crippen MR) is 49.3 cm³/mol. The molecule has 0 atom stereocenters. The summed E-state index contributed by atoms with van der Waals surface area (Å²) in [6.07, 6.45) is 1.08. The third-order valence-electron chi connectivity index (χ3n) is 1.85. The van der Waals surface area contributed by atoms with Crippen molar-refractivity contribution in [3.63, 3.8) is 0 Å². The smallest absolute Gasteiger partial charge is 0.242 e. The largest absolute Gasteiger partial charge is 0.479 e. The summed E-state index contributed by atoms with van der Waals surface area (Å²) in [4.78, 5) is 18.4. The van der Waals surface area contributed by atoms with E-state index >= 15 is 0 Å². The standard InChI is InChI=1S/C7H7N3O4S/c1-14-6-5-7(9-3-8-6)15(12,13)2-4(11)10-5/h3H,2H2,1H3,(H,10,11). The highest BCUT2D eigenvalue weighted by atomic mass is 32.2. The lowest BCUT2D eigenvalue weighted by atomic mass is 10.4. The van der Waals surface area contributed by atoms with Crippen molar-refractivity contribution >= 4 is 21.4 Å². The maximum absolute atomic E-state index is 11.5. The van der Waals surface area contributed by atoms with Gasteiger partial charge in [-0.25, -0.2) is 13.4 Å². The summed E-state index contributed by atoms with van der Waals surface area (Å²) in [6, 6.07) is 0. The lowest BCUT2D eigenvalue weighted by molar-refractivity contribution is -0.114. The van der Waals surface area contributed by atoms with Crippen LogP contribution >= 0.6 is 0 Å². The number of fused-ring (bicyclic) bond motifs is 1. The number of hydrogen-bond donors (Lipinski definition) is 1. The van der Waals surface area contributed by atoms with Crippen molar-refractivity contribution in [1.82, 2.24) is 9.97 Å². The molecule has 0 aliphatic carbocycles. The first-order valence-corrected chi connectivity index (χ1v) is 5.61. The molecule has 15 heavy (non-hydrogen) atoms. The van der Waals surface area contributed by atoms with Crippen LogP contribution in [0, 0.1) is 0 Å². The van der Waals surface area contributed by atoms with Gasteiger partial charge in [0.2, 0.25) is 21.6 Å². The van der Waals surface area contributed by atoms with Gasteiger partial charge in [-0.05, 0) is 0 Å². The topological polar surface area (TPSA) is 98.2 Å². The fourth-order valence-corrected chi connectivity index (χ4v) is 2.48. The fourth-order valence-electron chi connectivity index (χ4n) is 1.27. The molecule has 1 aromatic heterocycles. The Morgan fingerprint density at radius 1 is 1.47 bits per heavy atom. The number of anilines is 1. The van der Waals surface area contributed by atoms with Crippen molar-refractivity contribution in [2.24, 2.45) is 0 Å². The van der Waals surface area contributed by atoms with E-state index in [1.807, 2.05) is 0 Å². The zero-order valence-corrected chi connectivity index (χ0v) is 8.54. The molecule has 0 aromatic carbocycles. The Labute approximate surface area is 85.4 Å². The van der Waals surface area contributed by atoms with Crippen molar-refractivity contribution in [3.05, 3.63) is 6.33 Å². The number of carbonyl (C=O) groups is 1. The zero-order chi connectivity index (χ0) is 11.1. The molecule has 1 N–H and O–H groups in total. The number of methoxy groups -OCH3 is 1. The van der Waals surface area contributed by atoms with Gasteiger partial charge in [-0.2, -0.15) is 4.98 Å². The quantitative estimate of drug-likeness (QED) is 0.634. The summed E-state index contributed by atoms with van der Waals surface area (Å²) in [7, 11) is -2.34. The number of ether oxygens (including phenoxy) is 1. The summed E-state index contributed by atoms with van der Waals surface area (Å²) >= 11 is 0. The van der Waals surface area contributed by atoms with Gasteiger partial charge < -0.3 is 10.1 Å². The Balaban J connectivity index is 2.71. The van der Waals surface area contributed by atoms with Crippen LogP contribution in [0.15, 0.2) is 11.4 Å². The maximum Gasteiger partial charge on any atom is 0.242 e. The van der Waals surface area contributed by atoms with Crippen LogP contribution in [0.1, 0.15) is 0 Å². The summed E-state index contributed by atoms with van der Waals surface area (Å²) in [5.41, 5.74) is 0.0104. The monoisotopic (exact) mass is 229 g/mol. The highest BCUT2D eigenvalue weighted by molar-refractivity contribution is 7.92. The molecule has 2 rings (SSSR count). The fraction of sp³-hybridized carbons (Fsp3) is 0.286. The number of rotatable bonds is 1. The van der Waals surface area contributed by atoms with E-state index in [4.69, 9.17) is 4.74 Å². The third kappa shape index (κ3) is 1.52. The summed E-state index contributed by atoms with van der Waals surface area (Å²) in [6.45, 7) is 0. The Morgan fingerprint density at radius 3 is 2.87 bits per heavy atom. The lowest BCUT2D eigenvalue weighted by Gasteiger charge is -2.16. The molecule has 0 saturated heterocycles. The van der Waals surface area contributed by atoms with E-state index in [1.165, 1.54) is 7.11 Å². The minimum Gasteiger partial charge on any atom is -0.479 e. The number of carbonyl (C=O) groups excluding carboxylic acids is 1. The van der Waals surface area contributed by atoms with Gasteiger partial charge in [0.25, 0.3) is 0 Å². The van der Waals surface area contributed by atoms with E-state index in [9.17, 15) is 13.2 Å². The maximum atomic E-state index is 11.5. The van der Waals surface area contributed by atoms with Crippen molar-refractivity contribution in [2.75, 3.05) is 18.2 Å². The normalized spacial score (nSPS) is 17.8. The van der Waals surface area contributed by atoms with E-state index in [0.717, 1.165) is 6.33 Å². The molecule has 0 unspecified atom stereocenters. The van der Waals surface area contributed by atoms with Crippen molar-refractivity contribution in [2.45, 2.75) is 5.03 Å². The van der Waals surface area contributed by atoms with Gasteiger partial charge in [0.15, 0.2) is 5.03 Å². The minimum atomic E-state index is -3.67. The van der Waals surface area contributed by atoms with Crippen molar-refractivity contribution < 1.29 is 17.9 Å². The number of sulfone groups is 1. The van der Waals surface area contributed by atoms with Gasteiger partial charge in [-0.1, -0.05) is 0 Å². The molecule has 1 aromatic rings. The molecule has 2 heterocycles. The molecule has 0 radical (unpaired) electrons. The van der Waals surface area contributed by atoms with Gasteiger partial charge >= 0.3 is 0 Å². The Morgan fingerprint density at radius 2 is 2.20 bits per heavy atom. The molecule has 1 aliphatic rings. The second-order valence-electron chi connectivity index (χ2n) is 2.87. The van der Waals surface area contributed by atoms with E-state index in [1.54, 1.807) is 0 Å². The summed E-state index contributed by atoms with van der Waals surface area (Å²) in [5, 5.41) is 2.17. The molecular formula is C7H7N3O4S. The first-order valence-electron chi connectivity index (χ1n) is 3.96. The van der Waals surface area contributed by atoms with Crippen LogP contribution in [0.2, 0.25) is 0 Å². The molecular weight excluding hydrogens is 222 g/mol. The highest BCUT2D eigenvalue weighted by Crippen LogP contribution is 2.30. The van der Waals surface area contributed by atoms with Crippen LogP contribution < -0.4 is 10.1 Å². The molecule has 1 aliphatic heterocycles. The van der Waals surface area contributed by atoms with E-state index in [0.29, 0.717) is 0 Å². The molecule has 0 bridgehead atoms. The zero-order valence-electron chi connectivity index (χ0n) is 7.72. The van der Waals surface area contributed by atoms with Crippen molar-refractivity contribution in [1.29, 1.82) is 0 Å². The van der Waals surface area contributed by atoms with Crippen LogP contribution in [0.4, 0.5) is 5.69 Å². The van der Waals surface area contributed by atoms with Gasteiger partial charge in [0.1, 0.15) is 17.8 Å². The van der Waals surface area contributed by atoms with Gasteiger partial charge in [0.05, 0.1) is 7.11 Å². The molecule has 8 heteroatoms. The van der Waals surface area contributed by atoms with E-state index in [2.05, 4.69) is 15.3 Å². The second-order valence-corrected chi connectivity index (χ2v) is 4.78. The number of nitrogens with zero attached hydrogens (tertiary/aromatic N) is 2. The first-order chi connectivity index (χ1) is 7.04. The average Bonchev–Trinajstić information content (AvgIpc) is 2.15. The number of aromatic nitrogens is 2. The SMILES string of the molecule is COc1ncnc2c1NC(=O)CS2(=O)=O. The third-order valence-corrected chi connectivity index (χ3v) is 3.39. The van der Waals surface area contributed by atoms with Crippen LogP contribution in [0.5, 0.6) is 5.88 Å². The molecule has 1 amide bonds. The van der Waals surface area contributed by atoms with Crippen LogP contribution in [-0.4, -0.2) is 37.2 Å². The second kappa shape index (κ2) is 3.16. The van der Waals surface area contributed by atoms with Crippen LogP contribution in [0.3, 0.4) is 0 Å². The molecule has 0 fully saturated rings. The number of nitrogens with one attached hydrogen (secondary N) is 1. The summed E-state index contributed by atoms with van der Waals surface area (Å²) < 4.78 is 27.9.